The number of nitrogens with zero attached hydrogens (tertiary/aromatic N) is 3. The van der Waals surface area contributed by atoms with Crippen molar-refractivity contribution in [2.75, 3.05) is 52.9 Å². The molecule has 0 aromatic heterocycles. The van der Waals surface area contributed by atoms with Crippen molar-refractivity contribution in [2.45, 2.75) is 38.6 Å². The van der Waals surface area contributed by atoms with Crippen LogP contribution in [0.15, 0.2) is 0 Å². The van der Waals surface area contributed by atoms with Crippen molar-refractivity contribution < 1.29 is 9.90 Å². The van der Waals surface area contributed by atoms with Crippen LogP contribution in [0.25, 0.3) is 0 Å². The summed E-state index contributed by atoms with van der Waals surface area (Å²) in [5, 5.41) is 9.37. The van der Waals surface area contributed by atoms with Crippen LogP contribution in [0.2, 0.25) is 0 Å². The summed E-state index contributed by atoms with van der Waals surface area (Å²) in [4.78, 5) is 18.7. The van der Waals surface area contributed by atoms with E-state index in [9.17, 15) is 9.90 Å². The molecule has 2 saturated heterocycles. The number of carboxylic acid groups (broad SMARTS) is 1. The molecule has 0 amide bonds. The first-order valence-corrected chi connectivity index (χ1v) is 8.29. The first kappa shape index (κ1) is 16.7. The maximum Gasteiger partial charge on any atom is 0.305 e. The topological polar surface area (TPSA) is 47.0 Å². The normalized spacial score (nSPS) is 25.3. The SMILES string of the molecule is CC(C)CN1CCC(CC(=O)O)(N2CCN(C)CC2)CC1. The van der Waals surface area contributed by atoms with Crippen LogP contribution in [0.1, 0.15) is 33.1 Å². The van der Waals surface area contributed by atoms with Crippen LogP contribution >= 0.6 is 0 Å². The molecule has 2 fully saturated rings. The number of likely N-dealkylation sites (N-methyl/N-ethyl adjacent to an activating group) is 1. The lowest BCUT2D eigenvalue weighted by Crippen LogP contribution is -2.61. The van der Waals surface area contributed by atoms with Crippen LogP contribution in [0, 0.1) is 5.92 Å². The predicted molar refractivity (Wildman–Crippen MR) is 84.6 cm³/mol. The number of piperidine rings is 1. The van der Waals surface area contributed by atoms with E-state index in [1.807, 2.05) is 0 Å². The standard InChI is InChI=1S/C16H31N3O2/c1-14(2)13-18-6-4-16(5-7-18,12-15(20)21)19-10-8-17(3)9-11-19/h14H,4-13H2,1-3H3,(H,20,21). The van der Waals surface area contributed by atoms with E-state index >= 15 is 0 Å². The molecule has 0 bridgehead atoms. The van der Waals surface area contributed by atoms with Crippen LogP contribution < -0.4 is 0 Å². The van der Waals surface area contributed by atoms with Crippen molar-refractivity contribution in [1.29, 1.82) is 0 Å². The van der Waals surface area contributed by atoms with Crippen LogP contribution in [-0.2, 0) is 4.79 Å². The van der Waals surface area contributed by atoms with Crippen molar-refractivity contribution in [1.82, 2.24) is 14.7 Å². The number of rotatable bonds is 5. The number of aliphatic carboxylic acids is 1. The van der Waals surface area contributed by atoms with Gasteiger partial charge in [-0.1, -0.05) is 13.8 Å². The first-order chi connectivity index (χ1) is 9.91. The molecule has 0 aliphatic carbocycles. The quantitative estimate of drug-likeness (QED) is 0.826. The van der Waals surface area contributed by atoms with Gasteiger partial charge in [0, 0.05) is 38.3 Å². The minimum atomic E-state index is -0.647. The average Bonchev–Trinajstić information content (AvgIpc) is 2.41. The van der Waals surface area contributed by atoms with Crippen molar-refractivity contribution >= 4 is 5.97 Å². The van der Waals surface area contributed by atoms with E-state index in [0.717, 1.165) is 58.7 Å². The summed E-state index contributed by atoms with van der Waals surface area (Å²) >= 11 is 0. The number of carboxylic acids is 1. The Morgan fingerprint density at radius 3 is 2.14 bits per heavy atom. The summed E-state index contributed by atoms with van der Waals surface area (Å²) in [6.45, 7) is 11.8. The Labute approximate surface area is 128 Å². The molecule has 1 N–H and O–H groups in total. The Morgan fingerprint density at radius 1 is 1.10 bits per heavy atom. The second kappa shape index (κ2) is 7.07. The van der Waals surface area contributed by atoms with E-state index in [2.05, 4.69) is 35.6 Å². The lowest BCUT2D eigenvalue weighted by molar-refractivity contribution is -0.142. The number of piperazine rings is 1. The number of hydrogen-bond acceptors (Lipinski definition) is 4. The molecule has 0 spiro atoms. The molecule has 2 rings (SSSR count). The minimum Gasteiger partial charge on any atom is -0.481 e. The zero-order valence-corrected chi connectivity index (χ0v) is 13.8. The summed E-state index contributed by atoms with van der Waals surface area (Å²) in [6.07, 6.45) is 2.29. The van der Waals surface area contributed by atoms with Gasteiger partial charge in [0.15, 0.2) is 0 Å². The number of hydrogen-bond donors (Lipinski definition) is 1. The molecule has 0 radical (unpaired) electrons. The van der Waals surface area contributed by atoms with Gasteiger partial charge in [-0.3, -0.25) is 9.69 Å². The van der Waals surface area contributed by atoms with E-state index in [1.165, 1.54) is 0 Å². The van der Waals surface area contributed by atoms with E-state index in [1.54, 1.807) is 0 Å². The Hall–Kier alpha value is -0.650. The lowest BCUT2D eigenvalue weighted by Gasteiger charge is -2.51. The molecular formula is C16H31N3O2. The molecule has 0 aromatic carbocycles. The molecule has 0 atom stereocenters. The van der Waals surface area contributed by atoms with Crippen molar-refractivity contribution in [3.05, 3.63) is 0 Å². The lowest BCUT2D eigenvalue weighted by atomic mass is 9.81. The van der Waals surface area contributed by atoms with Crippen molar-refractivity contribution in [3.63, 3.8) is 0 Å². The second-order valence-corrected chi connectivity index (χ2v) is 7.28. The molecule has 21 heavy (non-hydrogen) atoms. The van der Waals surface area contributed by atoms with Gasteiger partial charge in [0.1, 0.15) is 0 Å². The molecule has 2 aliphatic heterocycles. The van der Waals surface area contributed by atoms with Crippen LogP contribution in [0.3, 0.4) is 0 Å². The van der Waals surface area contributed by atoms with E-state index in [4.69, 9.17) is 0 Å². The third-order valence-electron chi connectivity index (χ3n) is 5.06. The molecule has 122 valence electrons. The number of likely N-dealkylation sites (tertiary alicyclic amines) is 1. The third kappa shape index (κ3) is 4.41. The van der Waals surface area contributed by atoms with Gasteiger partial charge in [-0.2, -0.15) is 0 Å². The Morgan fingerprint density at radius 2 is 1.67 bits per heavy atom. The number of carbonyl (C=O) groups is 1. The second-order valence-electron chi connectivity index (χ2n) is 7.28. The molecule has 0 aromatic rings. The average molecular weight is 297 g/mol. The zero-order chi connectivity index (χ0) is 15.5. The fourth-order valence-corrected chi connectivity index (χ4v) is 3.84. The van der Waals surface area contributed by atoms with E-state index in [-0.39, 0.29) is 5.54 Å². The van der Waals surface area contributed by atoms with Gasteiger partial charge in [0.2, 0.25) is 0 Å². The summed E-state index contributed by atoms with van der Waals surface area (Å²) in [6, 6.07) is 0. The van der Waals surface area contributed by atoms with E-state index in [0.29, 0.717) is 12.3 Å². The van der Waals surface area contributed by atoms with Crippen molar-refractivity contribution in [2.24, 2.45) is 5.92 Å². The molecule has 2 heterocycles. The van der Waals surface area contributed by atoms with Gasteiger partial charge in [-0.25, -0.2) is 0 Å². The van der Waals surface area contributed by atoms with Crippen LogP contribution in [-0.4, -0.2) is 84.2 Å². The highest BCUT2D eigenvalue weighted by Crippen LogP contribution is 2.33. The Kier molecular flexibility index (Phi) is 5.63. The summed E-state index contributed by atoms with van der Waals surface area (Å²) in [5.74, 6) is 0.0341. The van der Waals surface area contributed by atoms with E-state index < -0.39 is 5.97 Å². The predicted octanol–water partition coefficient (Wildman–Crippen LogP) is 1.20. The van der Waals surface area contributed by atoms with Crippen LogP contribution in [0.5, 0.6) is 0 Å². The summed E-state index contributed by atoms with van der Waals surface area (Å²) in [5.41, 5.74) is -0.111. The highest BCUT2D eigenvalue weighted by atomic mass is 16.4. The zero-order valence-electron chi connectivity index (χ0n) is 13.8. The van der Waals surface area contributed by atoms with Crippen molar-refractivity contribution in [3.8, 4) is 0 Å². The van der Waals surface area contributed by atoms with Gasteiger partial charge in [-0.05, 0) is 38.9 Å². The first-order valence-electron chi connectivity index (χ1n) is 8.29. The third-order valence-corrected chi connectivity index (χ3v) is 5.06. The van der Waals surface area contributed by atoms with Gasteiger partial charge in [-0.15, -0.1) is 0 Å². The molecular weight excluding hydrogens is 266 g/mol. The largest absolute Gasteiger partial charge is 0.481 e. The molecule has 0 saturated carbocycles. The highest BCUT2D eigenvalue weighted by molar-refractivity contribution is 5.68. The molecule has 5 nitrogen and oxygen atoms in total. The summed E-state index contributed by atoms with van der Waals surface area (Å²) in [7, 11) is 2.15. The fraction of sp³-hybridized carbons (Fsp3) is 0.938. The molecule has 0 unspecified atom stereocenters. The van der Waals surface area contributed by atoms with Gasteiger partial charge >= 0.3 is 5.97 Å². The fourth-order valence-electron chi connectivity index (χ4n) is 3.84. The molecule has 5 heteroatoms. The highest BCUT2D eigenvalue weighted by Gasteiger charge is 2.42. The maximum atomic E-state index is 11.4. The maximum absolute atomic E-state index is 11.4. The van der Waals surface area contributed by atoms with Gasteiger partial charge < -0.3 is 14.9 Å². The minimum absolute atomic E-state index is 0.111. The molecule has 2 aliphatic rings. The monoisotopic (exact) mass is 297 g/mol. The Bertz CT molecular complexity index is 343. The Balaban J connectivity index is 2.00. The summed E-state index contributed by atoms with van der Waals surface area (Å²) < 4.78 is 0. The van der Waals surface area contributed by atoms with Gasteiger partial charge in [0.25, 0.3) is 0 Å². The van der Waals surface area contributed by atoms with Crippen LogP contribution in [0.4, 0.5) is 0 Å². The van der Waals surface area contributed by atoms with Gasteiger partial charge in [0.05, 0.1) is 6.42 Å². The smallest absolute Gasteiger partial charge is 0.305 e.